The van der Waals surface area contributed by atoms with Crippen LogP contribution in [0.5, 0.6) is 0 Å². The zero-order valence-electron chi connectivity index (χ0n) is 7.77. The van der Waals surface area contributed by atoms with Gasteiger partial charge in [0.05, 0.1) is 0 Å². The highest BCUT2D eigenvalue weighted by Crippen LogP contribution is 2.30. The molecule has 0 saturated heterocycles. The standard InChI is InChI=1S/C10H13BrClN/c1-3-10(2,13)8-5-4-7(12)6-9(8)11/h4-6H,3,13H2,1-2H3. The van der Waals surface area contributed by atoms with E-state index in [-0.39, 0.29) is 5.54 Å². The minimum Gasteiger partial charge on any atom is -0.322 e. The van der Waals surface area contributed by atoms with Crippen LogP contribution in [0.2, 0.25) is 5.02 Å². The molecule has 0 aliphatic carbocycles. The summed E-state index contributed by atoms with van der Waals surface area (Å²) in [6.07, 6.45) is 0.896. The van der Waals surface area contributed by atoms with E-state index in [0.717, 1.165) is 21.5 Å². The summed E-state index contributed by atoms with van der Waals surface area (Å²) in [7, 11) is 0. The lowest BCUT2D eigenvalue weighted by atomic mass is 9.91. The third-order valence-electron chi connectivity index (χ3n) is 2.28. The second-order valence-electron chi connectivity index (χ2n) is 3.40. The third kappa shape index (κ3) is 2.46. The van der Waals surface area contributed by atoms with Gasteiger partial charge in [-0.1, -0.05) is 40.5 Å². The molecule has 1 nitrogen and oxygen atoms in total. The molecule has 0 amide bonds. The van der Waals surface area contributed by atoms with E-state index in [9.17, 15) is 0 Å². The average molecular weight is 263 g/mol. The Morgan fingerprint density at radius 3 is 2.62 bits per heavy atom. The molecule has 1 atom stereocenters. The van der Waals surface area contributed by atoms with Crippen LogP contribution in [0.15, 0.2) is 22.7 Å². The normalized spacial score (nSPS) is 15.5. The van der Waals surface area contributed by atoms with Gasteiger partial charge in [0.15, 0.2) is 0 Å². The van der Waals surface area contributed by atoms with Crippen molar-refractivity contribution in [2.75, 3.05) is 0 Å². The van der Waals surface area contributed by atoms with Gasteiger partial charge in [-0.3, -0.25) is 0 Å². The van der Waals surface area contributed by atoms with Crippen LogP contribution >= 0.6 is 27.5 Å². The van der Waals surface area contributed by atoms with E-state index in [1.54, 1.807) is 0 Å². The highest BCUT2D eigenvalue weighted by Gasteiger charge is 2.20. The molecule has 1 aromatic rings. The summed E-state index contributed by atoms with van der Waals surface area (Å²) >= 11 is 9.30. The molecular formula is C10H13BrClN. The Hall–Kier alpha value is -0.0500. The summed E-state index contributed by atoms with van der Waals surface area (Å²) in [5.74, 6) is 0. The number of halogens is 2. The van der Waals surface area contributed by atoms with Crippen LogP contribution in [0.4, 0.5) is 0 Å². The quantitative estimate of drug-likeness (QED) is 0.864. The second kappa shape index (κ2) is 3.99. The Bertz CT molecular complexity index is 310. The molecule has 0 radical (unpaired) electrons. The van der Waals surface area contributed by atoms with Crippen molar-refractivity contribution in [1.82, 2.24) is 0 Å². The highest BCUT2D eigenvalue weighted by molar-refractivity contribution is 9.10. The van der Waals surface area contributed by atoms with Gasteiger partial charge in [0.25, 0.3) is 0 Å². The molecule has 1 rings (SSSR count). The molecule has 0 aliphatic heterocycles. The Balaban J connectivity index is 3.16. The molecule has 72 valence electrons. The Morgan fingerprint density at radius 2 is 2.15 bits per heavy atom. The van der Waals surface area contributed by atoms with Crippen LogP contribution in [0, 0.1) is 0 Å². The highest BCUT2D eigenvalue weighted by atomic mass is 79.9. The maximum absolute atomic E-state index is 6.12. The first-order chi connectivity index (χ1) is 5.97. The molecule has 0 aromatic heterocycles. The second-order valence-corrected chi connectivity index (χ2v) is 4.69. The van der Waals surface area contributed by atoms with E-state index in [4.69, 9.17) is 17.3 Å². The summed E-state index contributed by atoms with van der Waals surface area (Å²) in [4.78, 5) is 0. The lowest BCUT2D eigenvalue weighted by molar-refractivity contribution is 0.474. The number of hydrogen-bond donors (Lipinski definition) is 1. The van der Waals surface area contributed by atoms with Crippen LogP contribution in [0.25, 0.3) is 0 Å². The molecule has 0 saturated carbocycles. The molecule has 3 heteroatoms. The van der Waals surface area contributed by atoms with Crippen LogP contribution in [0.1, 0.15) is 25.8 Å². The van der Waals surface area contributed by atoms with E-state index in [1.165, 1.54) is 0 Å². The zero-order chi connectivity index (χ0) is 10.1. The monoisotopic (exact) mass is 261 g/mol. The number of rotatable bonds is 2. The summed E-state index contributed by atoms with van der Waals surface area (Å²) < 4.78 is 0.979. The largest absolute Gasteiger partial charge is 0.322 e. The lowest BCUT2D eigenvalue weighted by Crippen LogP contribution is -2.32. The fourth-order valence-electron chi connectivity index (χ4n) is 1.14. The summed E-state index contributed by atoms with van der Waals surface area (Å²) in [6, 6.07) is 5.70. The number of nitrogens with two attached hydrogens (primary N) is 1. The van der Waals surface area contributed by atoms with Gasteiger partial charge in [-0.15, -0.1) is 0 Å². The van der Waals surface area contributed by atoms with Gasteiger partial charge in [0.1, 0.15) is 0 Å². The van der Waals surface area contributed by atoms with Crippen molar-refractivity contribution in [1.29, 1.82) is 0 Å². The first-order valence-corrected chi connectivity index (χ1v) is 5.39. The minimum atomic E-state index is -0.288. The van der Waals surface area contributed by atoms with E-state index in [1.807, 2.05) is 25.1 Å². The van der Waals surface area contributed by atoms with Crippen molar-refractivity contribution in [3.63, 3.8) is 0 Å². The molecule has 0 fully saturated rings. The van der Waals surface area contributed by atoms with E-state index < -0.39 is 0 Å². The molecule has 0 bridgehead atoms. The molecule has 2 N–H and O–H groups in total. The number of benzene rings is 1. The minimum absolute atomic E-state index is 0.288. The molecule has 0 aliphatic rings. The van der Waals surface area contributed by atoms with E-state index in [2.05, 4.69) is 22.9 Å². The molecule has 0 spiro atoms. The lowest BCUT2D eigenvalue weighted by Gasteiger charge is -2.24. The predicted octanol–water partition coefficient (Wildman–Crippen LogP) is 3.69. The maximum atomic E-state index is 6.12. The fourth-order valence-corrected chi connectivity index (χ4v) is 2.28. The van der Waals surface area contributed by atoms with Gasteiger partial charge in [0, 0.05) is 15.0 Å². The topological polar surface area (TPSA) is 26.0 Å². The first kappa shape index (κ1) is 11.0. The van der Waals surface area contributed by atoms with Crippen LogP contribution in [-0.2, 0) is 5.54 Å². The first-order valence-electron chi connectivity index (χ1n) is 4.22. The maximum Gasteiger partial charge on any atom is 0.0417 e. The molecule has 0 heterocycles. The Labute approximate surface area is 92.4 Å². The van der Waals surface area contributed by atoms with Crippen LogP contribution in [-0.4, -0.2) is 0 Å². The molecule has 1 aromatic carbocycles. The van der Waals surface area contributed by atoms with Crippen LogP contribution in [0.3, 0.4) is 0 Å². The van der Waals surface area contributed by atoms with Gasteiger partial charge in [-0.2, -0.15) is 0 Å². The van der Waals surface area contributed by atoms with Crippen molar-refractivity contribution in [2.24, 2.45) is 5.73 Å². The van der Waals surface area contributed by atoms with Gasteiger partial charge < -0.3 is 5.73 Å². The molecule has 1 unspecified atom stereocenters. The smallest absolute Gasteiger partial charge is 0.0417 e. The summed E-state index contributed by atoms with van der Waals surface area (Å²) in [5, 5.41) is 0.725. The van der Waals surface area contributed by atoms with Gasteiger partial charge in [0.2, 0.25) is 0 Å². The Kier molecular flexibility index (Phi) is 3.38. The van der Waals surface area contributed by atoms with Crippen molar-refractivity contribution in [2.45, 2.75) is 25.8 Å². The number of hydrogen-bond acceptors (Lipinski definition) is 1. The predicted molar refractivity (Wildman–Crippen MR) is 61.0 cm³/mol. The van der Waals surface area contributed by atoms with Gasteiger partial charge in [-0.05, 0) is 31.0 Å². The van der Waals surface area contributed by atoms with Crippen molar-refractivity contribution in [3.8, 4) is 0 Å². The Morgan fingerprint density at radius 1 is 1.54 bits per heavy atom. The van der Waals surface area contributed by atoms with Gasteiger partial charge >= 0.3 is 0 Å². The third-order valence-corrected chi connectivity index (χ3v) is 3.17. The SMILES string of the molecule is CCC(C)(N)c1ccc(Cl)cc1Br. The summed E-state index contributed by atoms with van der Waals surface area (Å²) in [5.41, 5.74) is 6.92. The van der Waals surface area contributed by atoms with E-state index in [0.29, 0.717) is 0 Å². The molecule has 13 heavy (non-hydrogen) atoms. The van der Waals surface area contributed by atoms with Crippen molar-refractivity contribution in [3.05, 3.63) is 33.3 Å². The average Bonchev–Trinajstić information content (AvgIpc) is 2.03. The van der Waals surface area contributed by atoms with Crippen LogP contribution < -0.4 is 5.73 Å². The fraction of sp³-hybridized carbons (Fsp3) is 0.400. The van der Waals surface area contributed by atoms with Gasteiger partial charge in [-0.25, -0.2) is 0 Å². The van der Waals surface area contributed by atoms with Crippen molar-refractivity contribution >= 4 is 27.5 Å². The zero-order valence-corrected chi connectivity index (χ0v) is 10.1. The van der Waals surface area contributed by atoms with Crippen molar-refractivity contribution < 1.29 is 0 Å². The summed E-state index contributed by atoms with van der Waals surface area (Å²) in [6.45, 7) is 4.09. The van der Waals surface area contributed by atoms with E-state index >= 15 is 0 Å². The molecular weight excluding hydrogens is 249 g/mol.